The van der Waals surface area contributed by atoms with Crippen LogP contribution in [-0.2, 0) is 11.2 Å². The van der Waals surface area contributed by atoms with Crippen LogP contribution in [0, 0.1) is 6.92 Å². The molecule has 2 aromatic rings. The highest BCUT2D eigenvalue weighted by Gasteiger charge is 2.44. The van der Waals surface area contributed by atoms with Gasteiger partial charge in [-0.25, -0.2) is 0 Å². The molecule has 6 nitrogen and oxygen atoms in total. The SMILES string of the molecule is Cc1sc(C2OC(CO)C(O)C(O)C2O)cc1Cc1ccc(O)cc1. The van der Waals surface area contributed by atoms with Crippen LogP contribution in [0.1, 0.15) is 27.0 Å². The minimum Gasteiger partial charge on any atom is -0.508 e. The van der Waals surface area contributed by atoms with Gasteiger partial charge in [-0.15, -0.1) is 11.3 Å². The Morgan fingerprint density at radius 2 is 1.72 bits per heavy atom. The average Bonchev–Trinajstić information content (AvgIpc) is 2.95. The molecule has 5 N–H and O–H groups in total. The van der Waals surface area contributed by atoms with E-state index < -0.39 is 37.1 Å². The van der Waals surface area contributed by atoms with E-state index in [1.807, 2.05) is 25.1 Å². The molecule has 0 saturated carbocycles. The van der Waals surface area contributed by atoms with Gasteiger partial charge in [0.2, 0.25) is 0 Å². The van der Waals surface area contributed by atoms with E-state index in [0.29, 0.717) is 6.42 Å². The first-order chi connectivity index (χ1) is 11.9. The van der Waals surface area contributed by atoms with Crippen LogP contribution < -0.4 is 0 Å². The maximum atomic E-state index is 10.3. The Labute approximate surface area is 149 Å². The third kappa shape index (κ3) is 3.72. The molecule has 1 aliphatic heterocycles. The van der Waals surface area contributed by atoms with Crippen molar-refractivity contribution in [3.05, 3.63) is 51.2 Å². The molecule has 5 atom stereocenters. The molecule has 5 unspecified atom stereocenters. The molecular weight excluding hydrogens is 344 g/mol. The molecule has 1 aromatic carbocycles. The smallest absolute Gasteiger partial charge is 0.121 e. The predicted octanol–water partition coefficient (Wildman–Crippen LogP) is 0.868. The van der Waals surface area contributed by atoms with Gasteiger partial charge in [0, 0.05) is 9.75 Å². The fourth-order valence-electron chi connectivity index (χ4n) is 3.03. The second-order valence-corrected chi connectivity index (χ2v) is 7.61. The third-order valence-corrected chi connectivity index (χ3v) is 5.70. The summed E-state index contributed by atoms with van der Waals surface area (Å²) in [5, 5.41) is 48.8. The molecule has 3 rings (SSSR count). The first-order valence-electron chi connectivity index (χ1n) is 8.08. The number of thiophene rings is 1. The van der Waals surface area contributed by atoms with Gasteiger partial charge >= 0.3 is 0 Å². The van der Waals surface area contributed by atoms with Crippen molar-refractivity contribution in [1.82, 2.24) is 0 Å². The minimum atomic E-state index is -1.38. The quantitative estimate of drug-likeness (QED) is 0.549. The lowest BCUT2D eigenvalue weighted by atomic mass is 9.94. The van der Waals surface area contributed by atoms with Crippen molar-refractivity contribution < 1.29 is 30.3 Å². The van der Waals surface area contributed by atoms with Crippen molar-refractivity contribution in [2.75, 3.05) is 6.61 Å². The highest BCUT2D eigenvalue weighted by Crippen LogP contribution is 2.37. The zero-order chi connectivity index (χ0) is 18.1. The summed E-state index contributed by atoms with van der Waals surface area (Å²) < 4.78 is 5.62. The van der Waals surface area contributed by atoms with Gasteiger partial charge in [0.25, 0.3) is 0 Å². The van der Waals surface area contributed by atoms with Crippen molar-refractivity contribution in [2.45, 2.75) is 43.9 Å². The van der Waals surface area contributed by atoms with Crippen molar-refractivity contribution in [1.29, 1.82) is 0 Å². The number of hydrogen-bond donors (Lipinski definition) is 5. The molecule has 0 amide bonds. The molecule has 136 valence electrons. The normalized spacial score (nSPS) is 29.7. The van der Waals surface area contributed by atoms with Crippen LogP contribution in [-0.4, -0.2) is 56.6 Å². The Kier molecular flexibility index (Phi) is 5.43. The lowest BCUT2D eigenvalue weighted by Gasteiger charge is -2.39. The molecule has 0 aliphatic carbocycles. The van der Waals surface area contributed by atoms with E-state index in [9.17, 15) is 25.5 Å². The lowest BCUT2D eigenvalue weighted by Crippen LogP contribution is -2.55. The molecule has 1 fully saturated rings. The van der Waals surface area contributed by atoms with Crippen LogP contribution in [0.2, 0.25) is 0 Å². The van der Waals surface area contributed by atoms with Crippen molar-refractivity contribution in [3.8, 4) is 5.75 Å². The van der Waals surface area contributed by atoms with Gasteiger partial charge in [-0.2, -0.15) is 0 Å². The van der Waals surface area contributed by atoms with Gasteiger partial charge in [-0.05, 0) is 42.7 Å². The molecular formula is C18H22O6S. The summed E-state index contributed by atoms with van der Waals surface area (Å²) in [7, 11) is 0. The van der Waals surface area contributed by atoms with Gasteiger partial charge < -0.3 is 30.3 Å². The number of hydrogen-bond acceptors (Lipinski definition) is 7. The highest BCUT2D eigenvalue weighted by atomic mass is 32.1. The van der Waals surface area contributed by atoms with Gasteiger partial charge in [0.15, 0.2) is 0 Å². The summed E-state index contributed by atoms with van der Waals surface area (Å²) >= 11 is 1.45. The summed E-state index contributed by atoms with van der Waals surface area (Å²) in [6, 6.07) is 8.88. The molecule has 0 spiro atoms. The van der Waals surface area contributed by atoms with Crippen molar-refractivity contribution in [2.24, 2.45) is 0 Å². The predicted molar refractivity (Wildman–Crippen MR) is 92.7 cm³/mol. The Morgan fingerprint density at radius 1 is 1.04 bits per heavy atom. The third-order valence-electron chi connectivity index (χ3n) is 4.54. The minimum absolute atomic E-state index is 0.216. The number of ether oxygens (including phenoxy) is 1. The van der Waals surface area contributed by atoms with Crippen LogP contribution in [0.25, 0.3) is 0 Å². The number of rotatable bonds is 4. The van der Waals surface area contributed by atoms with E-state index in [1.165, 1.54) is 11.3 Å². The van der Waals surface area contributed by atoms with Gasteiger partial charge in [0.05, 0.1) is 6.61 Å². The number of aryl methyl sites for hydroxylation is 1. The van der Waals surface area contributed by atoms with E-state index in [0.717, 1.165) is 20.9 Å². The lowest BCUT2D eigenvalue weighted by molar-refractivity contribution is -0.230. The summed E-state index contributed by atoms with van der Waals surface area (Å²) in [6.45, 7) is 1.53. The summed E-state index contributed by atoms with van der Waals surface area (Å²) in [4.78, 5) is 1.79. The number of benzene rings is 1. The zero-order valence-corrected chi connectivity index (χ0v) is 14.6. The van der Waals surface area contributed by atoms with E-state index in [4.69, 9.17) is 4.74 Å². The second-order valence-electron chi connectivity index (χ2n) is 6.32. The first kappa shape index (κ1) is 18.3. The summed E-state index contributed by atoms with van der Waals surface area (Å²) in [5.41, 5.74) is 2.10. The van der Waals surface area contributed by atoms with Crippen molar-refractivity contribution >= 4 is 11.3 Å². The van der Waals surface area contributed by atoms with Crippen LogP contribution in [0.3, 0.4) is 0 Å². The number of phenolic OH excluding ortho intramolecular Hbond substituents is 1. The summed E-state index contributed by atoms with van der Waals surface area (Å²) in [6.07, 6.45) is -5.04. The fraction of sp³-hybridized carbons (Fsp3) is 0.444. The Hall–Kier alpha value is -1.48. The van der Waals surface area contributed by atoms with Crippen molar-refractivity contribution in [3.63, 3.8) is 0 Å². The maximum absolute atomic E-state index is 10.3. The molecule has 7 heteroatoms. The summed E-state index contributed by atoms with van der Waals surface area (Å²) in [5.74, 6) is 0.216. The number of phenols is 1. The van der Waals surface area contributed by atoms with E-state index in [2.05, 4.69) is 0 Å². The molecule has 1 saturated heterocycles. The Morgan fingerprint density at radius 3 is 2.36 bits per heavy atom. The molecule has 1 aliphatic rings. The van der Waals surface area contributed by atoms with Crippen LogP contribution in [0.4, 0.5) is 0 Å². The van der Waals surface area contributed by atoms with Crippen LogP contribution >= 0.6 is 11.3 Å². The molecule has 25 heavy (non-hydrogen) atoms. The van der Waals surface area contributed by atoms with E-state index in [-0.39, 0.29) is 5.75 Å². The Balaban J connectivity index is 1.82. The van der Waals surface area contributed by atoms with Gasteiger partial charge in [0.1, 0.15) is 36.3 Å². The second kappa shape index (κ2) is 7.41. The van der Waals surface area contributed by atoms with Gasteiger partial charge in [-0.1, -0.05) is 12.1 Å². The van der Waals surface area contributed by atoms with E-state index >= 15 is 0 Å². The van der Waals surface area contributed by atoms with E-state index in [1.54, 1.807) is 12.1 Å². The number of aliphatic hydroxyl groups is 4. The Bertz CT molecular complexity index is 711. The molecule has 2 heterocycles. The molecule has 0 radical (unpaired) electrons. The van der Waals surface area contributed by atoms with Crippen LogP contribution in [0.15, 0.2) is 30.3 Å². The largest absolute Gasteiger partial charge is 0.508 e. The maximum Gasteiger partial charge on any atom is 0.121 e. The number of aromatic hydroxyl groups is 1. The first-order valence-corrected chi connectivity index (χ1v) is 8.90. The van der Waals surface area contributed by atoms with Crippen LogP contribution in [0.5, 0.6) is 5.75 Å². The highest BCUT2D eigenvalue weighted by molar-refractivity contribution is 7.12. The monoisotopic (exact) mass is 366 g/mol. The standard InChI is InChI=1S/C18H22O6S/c1-9-11(6-10-2-4-12(20)5-3-10)7-14(25-9)18-17(23)16(22)15(21)13(8-19)24-18/h2-5,7,13,15-23H,6,8H2,1H3. The number of aliphatic hydroxyl groups excluding tert-OH is 4. The topological polar surface area (TPSA) is 110 Å². The zero-order valence-electron chi connectivity index (χ0n) is 13.7. The average molecular weight is 366 g/mol. The molecule has 1 aromatic heterocycles. The fourth-order valence-corrected chi connectivity index (χ4v) is 4.16. The van der Waals surface area contributed by atoms with Gasteiger partial charge in [-0.3, -0.25) is 0 Å². The molecule has 0 bridgehead atoms.